The zero-order valence-corrected chi connectivity index (χ0v) is 11.2. The standard InChI is InChI=1S/C14H18ClNO2/c1-9-6-7-10(15)8-11(9)14(18)16-12-4-2-3-5-13(12)17/h6-8,12-13,17H,2-5H2,1H3,(H,16,18)/t12-,13-/m1/s1. The van der Waals surface area contributed by atoms with E-state index in [4.69, 9.17) is 11.6 Å². The van der Waals surface area contributed by atoms with Gasteiger partial charge in [-0.1, -0.05) is 30.5 Å². The van der Waals surface area contributed by atoms with Gasteiger partial charge in [-0.05, 0) is 37.5 Å². The highest BCUT2D eigenvalue weighted by atomic mass is 35.5. The Morgan fingerprint density at radius 2 is 2.11 bits per heavy atom. The summed E-state index contributed by atoms with van der Waals surface area (Å²) in [4.78, 5) is 12.2. The van der Waals surface area contributed by atoms with E-state index in [1.54, 1.807) is 12.1 Å². The molecule has 0 bridgehead atoms. The maximum atomic E-state index is 12.2. The van der Waals surface area contributed by atoms with Gasteiger partial charge in [0.1, 0.15) is 0 Å². The van der Waals surface area contributed by atoms with Gasteiger partial charge >= 0.3 is 0 Å². The third-order valence-electron chi connectivity index (χ3n) is 3.49. The molecule has 98 valence electrons. The van der Waals surface area contributed by atoms with Gasteiger partial charge in [-0.15, -0.1) is 0 Å². The highest BCUT2D eigenvalue weighted by Crippen LogP contribution is 2.20. The number of benzene rings is 1. The normalized spacial score (nSPS) is 23.7. The predicted octanol–water partition coefficient (Wildman–Crippen LogP) is 2.68. The van der Waals surface area contributed by atoms with Crippen molar-refractivity contribution in [3.63, 3.8) is 0 Å². The van der Waals surface area contributed by atoms with Crippen LogP contribution in [0.1, 0.15) is 41.6 Å². The van der Waals surface area contributed by atoms with Crippen LogP contribution in [0.5, 0.6) is 0 Å². The molecule has 1 fully saturated rings. The average molecular weight is 268 g/mol. The van der Waals surface area contributed by atoms with Gasteiger partial charge in [0.25, 0.3) is 5.91 Å². The Balaban J connectivity index is 2.09. The van der Waals surface area contributed by atoms with Crippen LogP contribution in [0.25, 0.3) is 0 Å². The minimum Gasteiger partial charge on any atom is -0.391 e. The first kappa shape index (κ1) is 13.4. The quantitative estimate of drug-likeness (QED) is 0.866. The van der Waals surface area contributed by atoms with E-state index < -0.39 is 6.10 Å². The number of amides is 1. The lowest BCUT2D eigenvalue weighted by Gasteiger charge is -2.28. The Bertz CT molecular complexity index is 447. The van der Waals surface area contributed by atoms with Crippen molar-refractivity contribution in [3.05, 3.63) is 34.3 Å². The topological polar surface area (TPSA) is 49.3 Å². The molecule has 1 saturated carbocycles. The van der Waals surface area contributed by atoms with E-state index in [1.165, 1.54) is 0 Å². The van der Waals surface area contributed by atoms with Crippen LogP contribution < -0.4 is 5.32 Å². The largest absolute Gasteiger partial charge is 0.391 e. The zero-order valence-electron chi connectivity index (χ0n) is 10.4. The molecule has 3 nitrogen and oxygen atoms in total. The van der Waals surface area contributed by atoms with Crippen LogP contribution in [-0.4, -0.2) is 23.2 Å². The van der Waals surface area contributed by atoms with Gasteiger partial charge in [0.05, 0.1) is 12.1 Å². The molecule has 0 unspecified atom stereocenters. The first-order valence-corrected chi connectivity index (χ1v) is 6.71. The molecule has 4 heteroatoms. The van der Waals surface area contributed by atoms with Crippen LogP contribution in [0.3, 0.4) is 0 Å². The molecule has 0 spiro atoms. The maximum Gasteiger partial charge on any atom is 0.251 e. The van der Waals surface area contributed by atoms with Gasteiger partial charge in [0.15, 0.2) is 0 Å². The number of hydrogen-bond donors (Lipinski definition) is 2. The number of carbonyl (C=O) groups is 1. The number of nitrogens with one attached hydrogen (secondary N) is 1. The second-order valence-electron chi connectivity index (χ2n) is 4.89. The molecule has 1 amide bonds. The molecule has 0 aliphatic heterocycles. The summed E-state index contributed by atoms with van der Waals surface area (Å²) >= 11 is 5.90. The Morgan fingerprint density at radius 1 is 1.39 bits per heavy atom. The fraction of sp³-hybridized carbons (Fsp3) is 0.500. The molecule has 0 radical (unpaired) electrons. The van der Waals surface area contributed by atoms with E-state index in [0.717, 1.165) is 31.2 Å². The number of aliphatic hydroxyl groups excluding tert-OH is 1. The van der Waals surface area contributed by atoms with E-state index >= 15 is 0 Å². The number of aliphatic hydroxyl groups is 1. The van der Waals surface area contributed by atoms with Gasteiger partial charge < -0.3 is 10.4 Å². The molecular weight excluding hydrogens is 250 g/mol. The molecule has 2 atom stereocenters. The van der Waals surface area contributed by atoms with Crippen LogP contribution in [0.2, 0.25) is 5.02 Å². The molecule has 0 heterocycles. The second kappa shape index (κ2) is 5.72. The van der Waals surface area contributed by atoms with Crippen molar-refractivity contribution in [1.82, 2.24) is 5.32 Å². The predicted molar refractivity (Wildman–Crippen MR) is 71.9 cm³/mol. The number of hydrogen-bond acceptors (Lipinski definition) is 2. The van der Waals surface area contributed by atoms with E-state index in [0.29, 0.717) is 10.6 Å². The lowest BCUT2D eigenvalue weighted by molar-refractivity contribution is 0.0717. The summed E-state index contributed by atoms with van der Waals surface area (Å²) in [7, 11) is 0. The fourth-order valence-electron chi connectivity index (χ4n) is 2.36. The van der Waals surface area contributed by atoms with Gasteiger partial charge in [0.2, 0.25) is 0 Å². The summed E-state index contributed by atoms with van der Waals surface area (Å²) in [5.41, 5.74) is 1.47. The molecule has 2 rings (SSSR count). The van der Waals surface area contributed by atoms with Crippen LogP contribution in [-0.2, 0) is 0 Å². The van der Waals surface area contributed by atoms with Gasteiger partial charge in [-0.25, -0.2) is 0 Å². The second-order valence-corrected chi connectivity index (χ2v) is 5.33. The van der Waals surface area contributed by atoms with E-state index in [-0.39, 0.29) is 11.9 Å². The fourth-order valence-corrected chi connectivity index (χ4v) is 2.54. The lowest BCUT2D eigenvalue weighted by atomic mass is 9.92. The summed E-state index contributed by atoms with van der Waals surface area (Å²) in [6.07, 6.45) is 3.26. The minimum absolute atomic E-state index is 0.135. The maximum absolute atomic E-state index is 12.2. The molecular formula is C14H18ClNO2. The first-order valence-electron chi connectivity index (χ1n) is 6.33. The third-order valence-corrected chi connectivity index (χ3v) is 3.73. The Labute approximate surface area is 112 Å². The van der Waals surface area contributed by atoms with E-state index in [2.05, 4.69) is 5.32 Å². The van der Waals surface area contributed by atoms with Crippen molar-refractivity contribution >= 4 is 17.5 Å². The van der Waals surface area contributed by atoms with E-state index in [9.17, 15) is 9.90 Å². The van der Waals surface area contributed by atoms with Crippen molar-refractivity contribution in [3.8, 4) is 0 Å². The van der Waals surface area contributed by atoms with Crippen molar-refractivity contribution in [2.75, 3.05) is 0 Å². The summed E-state index contributed by atoms with van der Waals surface area (Å²) < 4.78 is 0. The summed E-state index contributed by atoms with van der Waals surface area (Å²) in [6, 6.07) is 5.13. The van der Waals surface area contributed by atoms with Gasteiger partial charge in [-0.3, -0.25) is 4.79 Å². The highest BCUT2D eigenvalue weighted by Gasteiger charge is 2.25. The van der Waals surface area contributed by atoms with Crippen LogP contribution in [0.4, 0.5) is 0 Å². The highest BCUT2D eigenvalue weighted by molar-refractivity contribution is 6.31. The Kier molecular flexibility index (Phi) is 4.25. The first-order chi connectivity index (χ1) is 8.58. The summed E-state index contributed by atoms with van der Waals surface area (Å²) in [5.74, 6) is -0.152. The molecule has 1 aliphatic carbocycles. The minimum atomic E-state index is -0.429. The lowest BCUT2D eigenvalue weighted by Crippen LogP contribution is -2.45. The van der Waals surface area contributed by atoms with Crippen molar-refractivity contribution < 1.29 is 9.90 Å². The third kappa shape index (κ3) is 3.03. The number of aryl methyl sites for hydroxylation is 1. The van der Waals surface area contributed by atoms with Crippen molar-refractivity contribution in [1.29, 1.82) is 0 Å². The molecule has 18 heavy (non-hydrogen) atoms. The van der Waals surface area contributed by atoms with Crippen molar-refractivity contribution in [2.24, 2.45) is 0 Å². The smallest absolute Gasteiger partial charge is 0.251 e. The van der Waals surface area contributed by atoms with Crippen LogP contribution >= 0.6 is 11.6 Å². The molecule has 0 aromatic heterocycles. The number of halogens is 1. The number of carbonyl (C=O) groups excluding carboxylic acids is 1. The molecule has 1 aliphatic rings. The Hall–Kier alpha value is -1.06. The van der Waals surface area contributed by atoms with Gasteiger partial charge in [-0.2, -0.15) is 0 Å². The average Bonchev–Trinajstić information content (AvgIpc) is 2.35. The molecule has 0 saturated heterocycles. The van der Waals surface area contributed by atoms with Gasteiger partial charge in [0, 0.05) is 10.6 Å². The monoisotopic (exact) mass is 267 g/mol. The molecule has 1 aromatic rings. The summed E-state index contributed by atoms with van der Waals surface area (Å²) in [5, 5.41) is 13.3. The molecule has 2 N–H and O–H groups in total. The van der Waals surface area contributed by atoms with E-state index in [1.807, 2.05) is 13.0 Å². The van der Waals surface area contributed by atoms with Crippen LogP contribution in [0.15, 0.2) is 18.2 Å². The van der Waals surface area contributed by atoms with Crippen molar-refractivity contribution in [2.45, 2.75) is 44.8 Å². The Morgan fingerprint density at radius 3 is 2.83 bits per heavy atom. The summed E-state index contributed by atoms with van der Waals surface area (Å²) in [6.45, 7) is 1.88. The number of rotatable bonds is 2. The van der Waals surface area contributed by atoms with Crippen LogP contribution in [0, 0.1) is 6.92 Å². The zero-order chi connectivity index (χ0) is 13.1. The SMILES string of the molecule is Cc1ccc(Cl)cc1C(=O)N[C@@H]1CCCC[C@H]1O. The molecule has 1 aromatic carbocycles.